The number of hydrogen-bond donors (Lipinski definition) is 4. The van der Waals surface area contributed by atoms with Gasteiger partial charge in [-0.05, 0) is 11.1 Å². The number of carbonyl (C=O) groups is 1. The Morgan fingerprint density at radius 3 is 2.56 bits per heavy atom. The van der Waals surface area contributed by atoms with Crippen LogP contribution < -0.4 is 15.8 Å². The van der Waals surface area contributed by atoms with E-state index in [0.29, 0.717) is 30.1 Å². The van der Waals surface area contributed by atoms with E-state index in [9.17, 15) is 18.3 Å². The van der Waals surface area contributed by atoms with E-state index in [4.69, 9.17) is 9.88 Å². The lowest BCUT2D eigenvalue weighted by atomic mass is 10.1. The van der Waals surface area contributed by atoms with Gasteiger partial charge in [-0.3, -0.25) is 8.98 Å². The highest BCUT2D eigenvalue weighted by molar-refractivity contribution is 7.84. The SMILES string of the molecule is CO[C@H](COS(N)(=O)=O)[C@@H](O)Cn1cnc2c(NCc3ccccc3CNC(C)=O)ncnc21. The molecule has 184 valence electrons. The summed E-state index contributed by atoms with van der Waals surface area (Å²) in [6, 6.07) is 7.69. The molecular weight excluding hydrogens is 466 g/mol. The van der Waals surface area contributed by atoms with Crippen molar-refractivity contribution in [2.45, 2.75) is 38.8 Å². The summed E-state index contributed by atoms with van der Waals surface area (Å²) < 4.78 is 33.3. The van der Waals surface area contributed by atoms with E-state index in [2.05, 4.69) is 29.8 Å². The standard InChI is InChI=1S/C20H27N7O6S/c1-13(28)22-7-14-5-3-4-6-15(14)8-23-19-18-20(25-11-24-19)27(12-26-18)9-16(29)17(32-2)10-33-34(21,30)31/h3-6,11-12,16-17,29H,7-10H2,1-2H3,(H,22,28)(H2,21,30,31)(H,23,24,25)/t16-,17+/m0/s1. The van der Waals surface area contributed by atoms with Crippen molar-refractivity contribution in [2.75, 3.05) is 19.0 Å². The van der Waals surface area contributed by atoms with E-state index in [1.165, 1.54) is 26.7 Å². The molecule has 0 aliphatic heterocycles. The van der Waals surface area contributed by atoms with Gasteiger partial charge in [0, 0.05) is 27.1 Å². The Kier molecular flexibility index (Phi) is 8.46. The molecule has 0 unspecified atom stereocenters. The number of nitrogens with zero attached hydrogens (tertiary/aromatic N) is 4. The molecule has 0 saturated carbocycles. The molecule has 3 aromatic rings. The van der Waals surface area contributed by atoms with Gasteiger partial charge in [0.25, 0.3) is 0 Å². The minimum atomic E-state index is -4.17. The van der Waals surface area contributed by atoms with Crippen molar-refractivity contribution in [2.24, 2.45) is 5.14 Å². The van der Waals surface area contributed by atoms with Crippen LogP contribution in [0.3, 0.4) is 0 Å². The highest BCUT2D eigenvalue weighted by atomic mass is 32.2. The average molecular weight is 494 g/mol. The number of nitrogens with two attached hydrogens (primary N) is 1. The lowest BCUT2D eigenvalue weighted by Gasteiger charge is -2.21. The third kappa shape index (κ3) is 6.91. The number of aliphatic hydroxyl groups excluding tert-OH is 1. The number of carbonyl (C=O) groups excluding carboxylic acids is 1. The molecule has 5 N–H and O–H groups in total. The van der Waals surface area contributed by atoms with E-state index >= 15 is 0 Å². The van der Waals surface area contributed by atoms with Crippen LogP contribution in [0.5, 0.6) is 0 Å². The van der Waals surface area contributed by atoms with Crippen LogP contribution in [0.1, 0.15) is 18.1 Å². The van der Waals surface area contributed by atoms with Gasteiger partial charge in [0.1, 0.15) is 24.1 Å². The first-order valence-corrected chi connectivity index (χ1v) is 11.7. The molecule has 2 aromatic heterocycles. The lowest BCUT2D eigenvalue weighted by Crippen LogP contribution is -2.37. The van der Waals surface area contributed by atoms with Gasteiger partial charge in [0.15, 0.2) is 11.5 Å². The molecule has 34 heavy (non-hydrogen) atoms. The molecule has 3 rings (SSSR count). The highest BCUT2D eigenvalue weighted by Gasteiger charge is 2.23. The third-order valence-electron chi connectivity index (χ3n) is 5.01. The van der Waals surface area contributed by atoms with Gasteiger partial charge < -0.3 is 25.0 Å². The van der Waals surface area contributed by atoms with Crippen molar-refractivity contribution in [1.29, 1.82) is 0 Å². The minimum absolute atomic E-state index is 0.0129. The number of ether oxygens (including phenoxy) is 1. The zero-order valence-corrected chi connectivity index (χ0v) is 19.5. The van der Waals surface area contributed by atoms with Crippen LogP contribution in [-0.2, 0) is 43.7 Å². The molecule has 0 radical (unpaired) electrons. The van der Waals surface area contributed by atoms with E-state index in [1.54, 1.807) is 4.57 Å². The van der Waals surface area contributed by atoms with Gasteiger partial charge in [0.2, 0.25) is 5.91 Å². The molecule has 0 bridgehead atoms. The van der Waals surface area contributed by atoms with Crippen molar-refractivity contribution < 1.29 is 27.2 Å². The molecule has 2 heterocycles. The summed E-state index contributed by atoms with van der Waals surface area (Å²) in [6.07, 6.45) is 0.786. The second-order valence-electron chi connectivity index (χ2n) is 7.44. The molecule has 0 aliphatic carbocycles. The molecule has 0 saturated heterocycles. The lowest BCUT2D eigenvalue weighted by molar-refractivity contribution is -0.119. The predicted octanol–water partition coefficient (Wildman–Crippen LogP) is -0.329. The number of rotatable bonds is 12. The Hall–Kier alpha value is -3.17. The number of anilines is 1. The van der Waals surface area contributed by atoms with Crippen LogP contribution in [0.2, 0.25) is 0 Å². The maximum Gasteiger partial charge on any atom is 0.333 e. The van der Waals surface area contributed by atoms with E-state index in [-0.39, 0.29) is 12.5 Å². The minimum Gasteiger partial charge on any atom is -0.388 e. The van der Waals surface area contributed by atoms with Crippen LogP contribution in [0.25, 0.3) is 11.2 Å². The summed E-state index contributed by atoms with van der Waals surface area (Å²) in [4.78, 5) is 24.1. The van der Waals surface area contributed by atoms with Gasteiger partial charge in [-0.2, -0.15) is 8.42 Å². The Bertz CT molecular complexity index is 1230. The van der Waals surface area contributed by atoms with Gasteiger partial charge in [-0.1, -0.05) is 24.3 Å². The number of aromatic nitrogens is 4. The molecule has 13 nitrogen and oxygen atoms in total. The average Bonchev–Trinajstić information content (AvgIpc) is 3.19. The summed E-state index contributed by atoms with van der Waals surface area (Å²) in [5, 5.41) is 21.4. The maximum absolute atomic E-state index is 11.3. The summed E-state index contributed by atoms with van der Waals surface area (Å²) in [7, 11) is -2.85. The zero-order valence-electron chi connectivity index (χ0n) is 18.7. The Morgan fingerprint density at radius 2 is 1.91 bits per heavy atom. The Labute approximate surface area is 196 Å². The van der Waals surface area contributed by atoms with Crippen molar-refractivity contribution in [3.8, 4) is 0 Å². The van der Waals surface area contributed by atoms with Gasteiger partial charge in [0.05, 0.1) is 19.5 Å². The summed E-state index contributed by atoms with van der Waals surface area (Å²) in [6.45, 7) is 1.89. The highest BCUT2D eigenvalue weighted by Crippen LogP contribution is 2.20. The number of benzene rings is 1. The predicted molar refractivity (Wildman–Crippen MR) is 122 cm³/mol. The largest absolute Gasteiger partial charge is 0.388 e. The second-order valence-corrected chi connectivity index (χ2v) is 8.66. The number of imidazole rings is 1. The molecule has 2 atom stereocenters. The zero-order chi connectivity index (χ0) is 24.7. The number of hydrogen-bond acceptors (Lipinski definition) is 10. The van der Waals surface area contributed by atoms with E-state index in [1.807, 2.05) is 24.3 Å². The molecule has 1 aromatic carbocycles. The van der Waals surface area contributed by atoms with Crippen molar-refractivity contribution in [1.82, 2.24) is 24.8 Å². The van der Waals surface area contributed by atoms with Gasteiger partial charge >= 0.3 is 10.3 Å². The fraction of sp³-hybridized carbons (Fsp3) is 0.400. The van der Waals surface area contributed by atoms with Crippen molar-refractivity contribution in [3.05, 3.63) is 48.0 Å². The molecular formula is C20H27N7O6S. The molecule has 0 aliphatic rings. The van der Waals surface area contributed by atoms with Crippen LogP contribution in [0.4, 0.5) is 5.82 Å². The van der Waals surface area contributed by atoms with Crippen LogP contribution >= 0.6 is 0 Å². The quantitative estimate of drug-likeness (QED) is 0.260. The summed E-state index contributed by atoms with van der Waals surface area (Å²) in [5.41, 5.74) is 2.90. The second kappa shape index (κ2) is 11.3. The first kappa shape index (κ1) is 25.5. The number of methoxy groups -OCH3 is 1. The first-order valence-electron chi connectivity index (χ1n) is 10.3. The van der Waals surface area contributed by atoms with Crippen LogP contribution in [0, 0.1) is 0 Å². The smallest absolute Gasteiger partial charge is 0.333 e. The van der Waals surface area contributed by atoms with Gasteiger partial charge in [-0.15, -0.1) is 0 Å². The molecule has 1 amide bonds. The van der Waals surface area contributed by atoms with Crippen LogP contribution in [0.15, 0.2) is 36.9 Å². The maximum atomic E-state index is 11.3. The van der Waals surface area contributed by atoms with Crippen molar-refractivity contribution >= 4 is 33.2 Å². The fourth-order valence-electron chi connectivity index (χ4n) is 3.26. The molecule has 14 heteroatoms. The first-order chi connectivity index (χ1) is 16.2. The summed E-state index contributed by atoms with van der Waals surface area (Å²) in [5.74, 6) is 0.383. The van der Waals surface area contributed by atoms with Crippen LogP contribution in [-0.4, -0.2) is 64.9 Å². The van der Waals surface area contributed by atoms with E-state index in [0.717, 1.165) is 11.1 Å². The number of nitrogens with one attached hydrogen (secondary N) is 2. The monoisotopic (exact) mass is 493 g/mol. The van der Waals surface area contributed by atoms with Crippen molar-refractivity contribution in [3.63, 3.8) is 0 Å². The molecule has 0 fully saturated rings. The third-order valence-corrected chi connectivity index (χ3v) is 5.47. The number of aliphatic hydroxyl groups is 1. The summed E-state index contributed by atoms with van der Waals surface area (Å²) >= 11 is 0. The van der Waals surface area contributed by atoms with Gasteiger partial charge in [-0.25, -0.2) is 20.1 Å². The number of fused-ring (bicyclic) bond motifs is 1. The normalized spacial score (nSPS) is 13.5. The Morgan fingerprint density at radius 1 is 1.21 bits per heavy atom. The van der Waals surface area contributed by atoms with E-state index < -0.39 is 29.1 Å². The molecule has 0 spiro atoms. The fourth-order valence-corrected chi connectivity index (χ4v) is 3.59. The number of amides is 1. The Balaban J connectivity index is 1.72. The topological polar surface area (TPSA) is 184 Å².